The molecule has 0 unspecified atom stereocenters. The molecule has 0 bridgehead atoms. The number of nitro benzene ring substituents is 1. The van der Waals surface area contributed by atoms with Crippen molar-refractivity contribution in [1.29, 1.82) is 0 Å². The highest BCUT2D eigenvalue weighted by Crippen LogP contribution is 2.25. The largest absolute Gasteiger partial charge is 0.358 e. The lowest BCUT2D eigenvalue weighted by Gasteiger charge is -2.34. The molecule has 106 valence electrons. The summed E-state index contributed by atoms with van der Waals surface area (Å²) >= 11 is 0. The second-order valence-corrected chi connectivity index (χ2v) is 4.32. The van der Waals surface area contributed by atoms with E-state index in [9.17, 15) is 24.1 Å². The summed E-state index contributed by atoms with van der Waals surface area (Å²) in [5, 5.41) is 10.5. The minimum Gasteiger partial charge on any atom is -0.358 e. The Morgan fingerprint density at radius 1 is 1.40 bits per heavy atom. The number of amides is 1. The smallest absolute Gasteiger partial charge is 0.272 e. The first-order valence-corrected chi connectivity index (χ1v) is 5.93. The number of anilines is 1. The van der Waals surface area contributed by atoms with E-state index in [2.05, 4.69) is 0 Å². The zero-order chi connectivity index (χ0) is 14.7. The molecule has 0 atom stereocenters. The SMILES string of the molecule is O=CCN1CCN(c2ccc([N+](=O)[O-])cc2F)CC1=O. The van der Waals surface area contributed by atoms with Gasteiger partial charge in [0, 0.05) is 19.2 Å². The molecule has 1 aliphatic heterocycles. The summed E-state index contributed by atoms with van der Waals surface area (Å²) in [6, 6.07) is 3.31. The summed E-state index contributed by atoms with van der Waals surface area (Å²) < 4.78 is 13.8. The topological polar surface area (TPSA) is 83.8 Å². The van der Waals surface area contributed by atoms with Crippen molar-refractivity contribution in [3.8, 4) is 0 Å². The van der Waals surface area contributed by atoms with E-state index in [1.165, 1.54) is 21.9 Å². The van der Waals surface area contributed by atoms with Gasteiger partial charge in [-0.25, -0.2) is 4.39 Å². The fraction of sp³-hybridized carbons (Fsp3) is 0.333. The number of hydrogen-bond acceptors (Lipinski definition) is 5. The lowest BCUT2D eigenvalue weighted by Crippen LogP contribution is -2.51. The van der Waals surface area contributed by atoms with Gasteiger partial charge in [-0.1, -0.05) is 0 Å². The molecule has 1 aliphatic rings. The number of non-ortho nitro benzene ring substituents is 1. The molecule has 1 fully saturated rings. The number of rotatable bonds is 4. The van der Waals surface area contributed by atoms with E-state index >= 15 is 0 Å². The molecule has 0 aromatic heterocycles. The Morgan fingerprint density at radius 2 is 2.15 bits per heavy atom. The van der Waals surface area contributed by atoms with Gasteiger partial charge >= 0.3 is 0 Å². The fourth-order valence-corrected chi connectivity index (χ4v) is 2.06. The average Bonchev–Trinajstić information content (AvgIpc) is 2.41. The van der Waals surface area contributed by atoms with Gasteiger partial charge in [0.05, 0.1) is 29.8 Å². The highest BCUT2D eigenvalue weighted by Gasteiger charge is 2.25. The van der Waals surface area contributed by atoms with Crippen LogP contribution < -0.4 is 4.90 Å². The van der Waals surface area contributed by atoms with Crippen molar-refractivity contribution < 1.29 is 18.9 Å². The van der Waals surface area contributed by atoms with Gasteiger partial charge in [-0.2, -0.15) is 0 Å². The quantitative estimate of drug-likeness (QED) is 0.458. The molecule has 0 N–H and O–H groups in total. The van der Waals surface area contributed by atoms with Crippen molar-refractivity contribution in [2.75, 3.05) is 31.1 Å². The number of aldehydes is 1. The zero-order valence-electron chi connectivity index (χ0n) is 10.5. The molecule has 1 heterocycles. The van der Waals surface area contributed by atoms with Crippen LogP contribution in [-0.4, -0.2) is 48.2 Å². The maximum absolute atomic E-state index is 13.8. The standard InChI is InChI=1S/C12H12FN3O4/c13-10-7-9(16(19)20)1-2-11(10)15-4-3-14(5-6-17)12(18)8-15/h1-2,6-7H,3-5,8H2. The molecule has 1 amide bonds. The second kappa shape index (κ2) is 5.64. The molecular formula is C12H12FN3O4. The first-order valence-electron chi connectivity index (χ1n) is 5.93. The maximum Gasteiger partial charge on any atom is 0.272 e. The Morgan fingerprint density at radius 3 is 2.70 bits per heavy atom. The predicted molar refractivity (Wildman–Crippen MR) is 67.9 cm³/mol. The molecule has 0 aliphatic carbocycles. The third-order valence-electron chi connectivity index (χ3n) is 3.10. The number of nitrogens with zero attached hydrogens (tertiary/aromatic N) is 3. The minimum absolute atomic E-state index is 0.0232. The molecular weight excluding hydrogens is 269 g/mol. The van der Waals surface area contributed by atoms with E-state index in [0.29, 0.717) is 19.4 Å². The summed E-state index contributed by atoms with van der Waals surface area (Å²) in [4.78, 5) is 34.9. The van der Waals surface area contributed by atoms with E-state index in [-0.39, 0.29) is 30.4 Å². The summed E-state index contributed by atoms with van der Waals surface area (Å²) in [6.45, 7) is 0.653. The van der Waals surface area contributed by atoms with Crippen LogP contribution in [0.4, 0.5) is 15.8 Å². The first kappa shape index (κ1) is 13.9. The molecule has 2 rings (SSSR count). The van der Waals surface area contributed by atoms with Crippen LogP contribution in [0.25, 0.3) is 0 Å². The van der Waals surface area contributed by atoms with Gasteiger partial charge in [0.2, 0.25) is 5.91 Å². The van der Waals surface area contributed by atoms with Crippen molar-refractivity contribution in [1.82, 2.24) is 4.90 Å². The number of halogens is 1. The van der Waals surface area contributed by atoms with Gasteiger partial charge in [-0.3, -0.25) is 14.9 Å². The lowest BCUT2D eigenvalue weighted by atomic mass is 10.2. The van der Waals surface area contributed by atoms with Crippen molar-refractivity contribution in [2.45, 2.75) is 0 Å². The van der Waals surface area contributed by atoms with Gasteiger partial charge < -0.3 is 14.6 Å². The van der Waals surface area contributed by atoms with Crippen LogP contribution in [0.1, 0.15) is 0 Å². The Bertz CT molecular complexity index is 564. The van der Waals surface area contributed by atoms with Crippen LogP contribution in [0.15, 0.2) is 18.2 Å². The number of nitro groups is 1. The Balaban J connectivity index is 2.15. The molecule has 8 heteroatoms. The maximum atomic E-state index is 13.8. The van der Waals surface area contributed by atoms with Gasteiger partial charge in [-0.15, -0.1) is 0 Å². The third kappa shape index (κ3) is 2.73. The van der Waals surface area contributed by atoms with Crippen LogP contribution in [0, 0.1) is 15.9 Å². The minimum atomic E-state index is -0.740. The Labute approximate surface area is 113 Å². The van der Waals surface area contributed by atoms with E-state index in [1.807, 2.05) is 0 Å². The third-order valence-corrected chi connectivity index (χ3v) is 3.10. The zero-order valence-corrected chi connectivity index (χ0v) is 10.5. The molecule has 0 spiro atoms. The summed E-state index contributed by atoms with van der Waals surface area (Å²) in [5.41, 5.74) is -0.188. The van der Waals surface area contributed by atoms with Gasteiger partial charge in [-0.05, 0) is 6.07 Å². The molecule has 0 radical (unpaired) electrons. The van der Waals surface area contributed by atoms with Crippen LogP contribution in [0.2, 0.25) is 0 Å². The first-order chi connectivity index (χ1) is 9.52. The summed E-state index contributed by atoms with van der Waals surface area (Å²) in [6.07, 6.45) is 0.639. The van der Waals surface area contributed by atoms with E-state index in [4.69, 9.17) is 0 Å². The fourth-order valence-electron chi connectivity index (χ4n) is 2.06. The van der Waals surface area contributed by atoms with E-state index in [0.717, 1.165) is 6.07 Å². The number of hydrogen-bond donors (Lipinski definition) is 0. The average molecular weight is 281 g/mol. The molecule has 1 aromatic carbocycles. The van der Waals surface area contributed by atoms with Crippen molar-refractivity contribution in [2.24, 2.45) is 0 Å². The molecule has 0 saturated carbocycles. The highest BCUT2D eigenvalue weighted by atomic mass is 19.1. The van der Waals surface area contributed by atoms with Gasteiger partial charge in [0.25, 0.3) is 5.69 Å². The predicted octanol–water partition coefficient (Wildman–Crippen LogP) is 0.581. The van der Waals surface area contributed by atoms with Gasteiger partial charge in [0.1, 0.15) is 6.29 Å². The van der Waals surface area contributed by atoms with Crippen molar-refractivity contribution >= 4 is 23.6 Å². The molecule has 7 nitrogen and oxygen atoms in total. The monoisotopic (exact) mass is 281 g/mol. The van der Waals surface area contributed by atoms with Gasteiger partial charge in [0.15, 0.2) is 5.82 Å². The molecule has 20 heavy (non-hydrogen) atoms. The summed E-state index contributed by atoms with van der Waals surface area (Å²) in [5.74, 6) is -1.02. The molecule has 1 aromatic rings. The number of carbonyl (C=O) groups is 2. The Kier molecular flexibility index (Phi) is 3.92. The number of benzene rings is 1. The second-order valence-electron chi connectivity index (χ2n) is 4.32. The van der Waals surface area contributed by atoms with Crippen LogP contribution in [-0.2, 0) is 9.59 Å². The molecule has 1 saturated heterocycles. The number of carbonyl (C=O) groups excluding carboxylic acids is 2. The van der Waals surface area contributed by atoms with Crippen molar-refractivity contribution in [3.05, 3.63) is 34.1 Å². The van der Waals surface area contributed by atoms with Crippen molar-refractivity contribution in [3.63, 3.8) is 0 Å². The van der Waals surface area contributed by atoms with Crippen LogP contribution in [0.3, 0.4) is 0 Å². The summed E-state index contributed by atoms with van der Waals surface area (Å²) in [7, 11) is 0. The number of piperazine rings is 1. The Hall–Kier alpha value is -2.51. The normalized spacial score (nSPS) is 15.3. The van der Waals surface area contributed by atoms with Crippen LogP contribution >= 0.6 is 0 Å². The highest BCUT2D eigenvalue weighted by molar-refractivity contribution is 5.84. The lowest BCUT2D eigenvalue weighted by molar-refractivity contribution is -0.385. The van der Waals surface area contributed by atoms with E-state index in [1.54, 1.807) is 0 Å². The van der Waals surface area contributed by atoms with E-state index < -0.39 is 10.7 Å². The van der Waals surface area contributed by atoms with Crippen LogP contribution in [0.5, 0.6) is 0 Å².